The lowest BCUT2D eigenvalue weighted by Gasteiger charge is -2.23. The number of anilines is 2. The van der Waals surface area contributed by atoms with Gasteiger partial charge in [0.1, 0.15) is 11.8 Å². The molecule has 3 aromatic rings. The summed E-state index contributed by atoms with van der Waals surface area (Å²) in [6.07, 6.45) is 1.85. The van der Waals surface area contributed by atoms with Gasteiger partial charge in [0.05, 0.1) is 23.5 Å². The third-order valence-electron chi connectivity index (χ3n) is 4.64. The lowest BCUT2D eigenvalue weighted by atomic mass is 10.1. The Morgan fingerprint density at radius 2 is 1.90 bits per heavy atom. The fourth-order valence-corrected chi connectivity index (χ4v) is 3.29. The van der Waals surface area contributed by atoms with Crippen LogP contribution in [0.5, 0.6) is 0 Å². The van der Waals surface area contributed by atoms with E-state index in [-0.39, 0.29) is 24.6 Å². The van der Waals surface area contributed by atoms with Crippen LogP contribution in [0.2, 0.25) is 0 Å². The molecule has 1 aliphatic heterocycles. The van der Waals surface area contributed by atoms with E-state index >= 15 is 0 Å². The number of benzene rings is 2. The number of para-hydroxylation sites is 2. The molecule has 0 spiro atoms. The zero-order valence-electron chi connectivity index (χ0n) is 15.9. The molecule has 7 nitrogen and oxygen atoms in total. The van der Waals surface area contributed by atoms with Crippen molar-refractivity contribution in [1.82, 2.24) is 4.98 Å². The first-order valence-electron chi connectivity index (χ1n) is 9.41. The number of pyridine rings is 1. The van der Waals surface area contributed by atoms with Crippen LogP contribution in [-0.4, -0.2) is 35.2 Å². The Morgan fingerprint density at radius 1 is 1.10 bits per heavy atom. The van der Waals surface area contributed by atoms with E-state index in [0.717, 1.165) is 11.1 Å². The summed E-state index contributed by atoms with van der Waals surface area (Å²) in [6, 6.07) is 18.0. The molecule has 1 N–H and O–H groups in total. The fourth-order valence-electron chi connectivity index (χ4n) is 3.29. The number of fused-ring (bicyclic) bond motifs is 1. The topological polar surface area (TPSA) is 83.9 Å². The molecule has 1 aliphatic rings. The first-order chi connectivity index (χ1) is 14.2. The predicted octanol–water partition coefficient (Wildman–Crippen LogP) is 3.37. The van der Waals surface area contributed by atoms with Crippen molar-refractivity contribution in [3.8, 4) is 0 Å². The van der Waals surface area contributed by atoms with Crippen molar-refractivity contribution in [3.05, 3.63) is 66.9 Å². The van der Waals surface area contributed by atoms with Gasteiger partial charge < -0.3 is 10.1 Å². The Kier molecular flexibility index (Phi) is 5.20. The van der Waals surface area contributed by atoms with Crippen LogP contribution in [0.1, 0.15) is 13.3 Å². The van der Waals surface area contributed by atoms with E-state index in [4.69, 9.17) is 4.74 Å². The van der Waals surface area contributed by atoms with Crippen LogP contribution in [0, 0.1) is 0 Å². The molecule has 0 bridgehead atoms. The van der Waals surface area contributed by atoms with Crippen LogP contribution in [0.4, 0.5) is 11.4 Å². The highest BCUT2D eigenvalue weighted by Crippen LogP contribution is 2.27. The van der Waals surface area contributed by atoms with E-state index in [9.17, 15) is 9.59 Å². The molecule has 0 saturated heterocycles. The fraction of sp³-hybridized carbons (Fsp3) is 0.182. The Labute approximate surface area is 168 Å². The number of ether oxygens (including phenoxy) is 1. The maximum Gasteiger partial charge on any atom is 0.354 e. The summed E-state index contributed by atoms with van der Waals surface area (Å²) < 4.78 is 5.08. The molecule has 0 radical (unpaired) electrons. The summed E-state index contributed by atoms with van der Waals surface area (Å²) in [7, 11) is 0. The normalized spacial score (nSPS) is 15.8. The van der Waals surface area contributed by atoms with Gasteiger partial charge in [-0.1, -0.05) is 36.4 Å². The van der Waals surface area contributed by atoms with Crippen molar-refractivity contribution in [2.75, 3.05) is 16.9 Å². The molecule has 29 heavy (non-hydrogen) atoms. The van der Waals surface area contributed by atoms with Crippen molar-refractivity contribution in [3.63, 3.8) is 0 Å². The molecule has 1 amide bonds. The molecule has 4 rings (SSSR count). The Hall–Kier alpha value is -3.74. The average Bonchev–Trinajstić information content (AvgIpc) is 3.21. The molecule has 0 fully saturated rings. The van der Waals surface area contributed by atoms with E-state index in [1.807, 2.05) is 60.7 Å². The average molecular weight is 388 g/mol. The largest absolute Gasteiger partial charge is 0.461 e. The predicted molar refractivity (Wildman–Crippen MR) is 112 cm³/mol. The number of nitrogens with one attached hydrogen (secondary N) is 1. The number of aromatic nitrogens is 1. The number of nitrogens with zero attached hydrogens (tertiary/aromatic N) is 3. The van der Waals surface area contributed by atoms with Crippen molar-refractivity contribution in [2.24, 2.45) is 5.10 Å². The molecule has 7 heteroatoms. The summed E-state index contributed by atoms with van der Waals surface area (Å²) in [5.41, 5.74) is 2.28. The van der Waals surface area contributed by atoms with Crippen LogP contribution in [0.25, 0.3) is 10.9 Å². The van der Waals surface area contributed by atoms with E-state index in [1.54, 1.807) is 18.1 Å². The second-order valence-corrected chi connectivity index (χ2v) is 6.54. The van der Waals surface area contributed by atoms with Crippen molar-refractivity contribution < 1.29 is 14.3 Å². The quantitative estimate of drug-likeness (QED) is 0.678. The molecule has 146 valence electrons. The first kappa shape index (κ1) is 18.6. The lowest BCUT2D eigenvalue weighted by Crippen LogP contribution is -2.38. The van der Waals surface area contributed by atoms with Gasteiger partial charge in [0.25, 0.3) is 0 Å². The Bertz CT molecular complexity index is 1080. The molecular formula is C22H20N4O3. The number of hydrogen-bond acceptors (Lipinski definition) is 6. The Balaban J connectivity index is 1.63. The van der Waals surface area contributed by atoms with E-state index in [0.29, 0.717) is 11.2 Å². The van der Waals surface area contributed by atoms with Crippen LogP contribution in [-0.2, 0) is 14.3 Å². The van der Waals surface area contributed by atoms with Crippen molar-refractivity contribution in [2.45, 2.75) is 19.4 Å². The van der Waals surface area contributed by atoms with Crippen LogP contribution >= 0.6 is 0 Å². The zero-order chi connectivity index (χ0) is 20.2. The molecule has 1 aromatic heterocycles. The molecule has 2 aromatic carbocycles. The highest BCUT2D eigenvalue weighted by atomic mass is 16.5. The maximum absolute atomic E-state index is 13.2. The van der Waals surface area contributed by atoms with Crippen molar-refractivity contribution in [1.29, 1.82) is 0 Å². The summed E-state index contributed by atoms with van der Waals surface area (Å²) in [5.74, 6) is -0.773. The van der Waals surface area contributed by atoms with Gasteiger partial charge in [-0.25, -0.2) is 4.79 Å². The van der Waals surface area contributed by atoms with Gasteiger partial charge in [0, 0.05) is 18.0 Å². The summed E-state index contributed by atoms with van der Waals surface area (Å²) in [6.45, 7) is 1.99. The second-order valence-electron chi connectivity index (χ2n) is 6.54. The van der Waals surface area contributed by atoms with E-state index in [2.05, 4.69) is 15.4 Å². The highest BCUT2D eigenvalue weighted by Gasteiger charge is 2.37. The van der Waals surface area contributed by atoms with Gasteiger partial charge in [-0.2, -0.15) is 5.10 Å². The highest BCUT2D eigenvalue weighted by molar-refractivity contribution is 6.38. The number of hydrogen-bond donors (Lipinski definition) is 1. The van der Waals surface area contributed by atoms with Gasteiger partial charge >= 0.3 is 5.97 Å². The van der Waals surface area contributed by atoms with Crippen LogP contribution in [0.3, 0.4) is 0 Å². The summed E-state index contributed by atoms with van der Waals surface area (Å²) >= 11 is 0. The van der Waals surface area contributed by atoms with Crippen LogP contribution in [0.15, 0.2) is 72.0 Å². The lowest BCUT2D eigenvalue weighted by molar-refractivity contribution is -0.135. The van der Waals surface area contributed by atoms with E-state index < -0.39 is 12.0 Å². The van der Waals surface area contributed by atoms with Crippen LogP contribution < -0.4 is 10.3 Å². The molecular weight excluding hydrogens is 368 g/mol. The third-order valence-corrected chi connectivity index (χ3v) is 4.64. The minimum atomic E-state index is -0.671. The third kappa shape index (κ3) is 3.80. The van der Waals surface area contributed by atoms with Gasteiger partial charge in [-0.15, -0.1) is 0 Å². The first-order valence-corrected chi connectivity index (χ1v) is 9.41. The Morgan fingerprint density at radius 3 is 2.69 bits per heavy atom. The smallest absolute Gasteiger partial charge is 0.354 e. The molecule has 2 heterocycles. The number of amides is 1. The maximum atomic E-state index is 13.2. The minimum Gasteiger partial charge on any atom is -0.461 e. The number of carbonyl (C=O) groups excluding carboxylic acids is 2. The molecule has 0 saturated carbocycles. The standard InChI is InChI=1S/C22H20N4O3/c1-2-29-22(28)18-14-19(26(25-18)16-10-4-3-5-11-16)21(27)24-17-12-6-8-15-9-7-13-23-20(15)17/h3-13,19H,2,14H2,1H3,(H,24,27). The second kappa shape index (κ2) is 8.10. The number of rotatable bonds is 5. The SMILES string of the molecule is CCOC(=O)C1=NN(c2ccccc2)C(C(=O)Nc2cccc3cccnc23)C1. The van der Waals surface area contributed by atoms with Gasteiger partial charge in [-0.05, 0) is 31.2 Å². The van der Waals surface area contributed by atoms with E-state index in [1.165, 1.54) is 0 Å². The molecule has 1 unspecified atom stereocenters. The van der Waals surface area contributed by atoms with Crippen molar-refractivity contribution >= 4 is 39.9 Å². The number of hydrazone groups is 1. The van der Waals surface area contributed by atoms with Gasteiger partial charge in [-0.3, -0.25) is 14.8 Å². The number of esters is 1. The summed E-state index contributed by atoms with van der Waals surface area (Å²) in [5, 5.41) is 9.83. The minimum absolute atomic E-state index is 0.164. The monoisotopic (exact) mass is 388 g/mol. The summed E-state index contributed by atoms with van der Waals surface area (Å²) in [4.78, 5) is 29.7. The zero-order valence-corrected chi connectivity index (χ0v) is 15.9. The molecule has 1 atom stereocenters. The van der Waals surface area contributed by atoms with Gasteiger partial charge in [0.2, 0.25) is 5.91 Å². The molecule has 0 aliphatic carbocycles. The van der Waals surface area contributed by atoms with Gasteiger partial charge in [0.15, 0.2) is 0 Å². The number of carbonyl (C=O) groups is 2.